The molecule has 1 aliphatic rings. The monoisotopic (exact) mass is 605 g/mol. The Hall–Kier alpha value is -4.06. The number of thiol groups is 1. The predicted octanol–water partition coefficient (Wildman–Crippen LogP) is 6.42. The first-order valence-corrected chi connectivity index (χ1v) is 15.6. The van der Waals surface area contributed by atoms with Gasteiger partial charge in [0.25, 0.3) is 0 Å². The van der Waals surface area contributed by atoms with Crippen molar-refractivity contribution in [3.8, 4) is 27.5 Å². The molecule has 3 N–H and O–H groups in total. The maximum Gasteiger partial charge on any atom is 0.355 e. The summed E-state index contributed by atoms with van der Waals surface area (Å²) in [7, 11) is -2.32. The molecule has 0 saturated heterocycles. The van der Waals surface area contributed by atoms with Crippen molar-refractivity contribution in [2.45, 2.75) is 37.5 Å². The molecule has 7 nitrogen and oxygen atoms in total. The highest BCUT2D eigenvalue weighted by atomic mass is 32.2. The first-order chi connectivity index (χ1) is 20.2. The molecule has 2 aromatic heterocycles. The van der Waals surface area contributed by atoms with Crippen LogP contribution in [0, 0.1) is 24.5 Å². The number of halogens is 2. The lowest BCUT2D eigenvalue weighted by Gasteiger charge is -2.10. The van der Waals surface area contributed by atoms with E-state index in [1.807, 2.05) is 30.3 Å². The van der Waals surface area contributed by atoms with Gasteiger partial charge in [-0.3, -0.25) is 0 Å². The minimum Gasteiger partial charge on any atom is -0.476 e. The van der Waals surface area contributed by atoms with Crippen LogP contribution in [0.4, 0.5) is 8.78 Å². The molecule has 1 aliphatic carbocycles. The highest BCUT2D eigenvalue weighted by molar-refractivity contribution is 7.82. The fraction of sp³-hybridized carbons (Fsp3) is 0.194. The van der Waals surface area contributed by atoms with E-state index < -0.39 is 22.8 Å². The number of nitrogens with zero attached hydrogens (tertiary/aromatic N) is 3. The van der Waals surface area contributed by atoms with Crippen molar-refractivity contribution in [2.75, 3.05) is 0 Å². The number of carbonyl (C=O) groups is 1. The average molecular weight is 606 g/mol. The molecular weight excluding hydrogens is 578 g/mol. The largest absolute Gasteiger partial charge is 0.476 e. The number of aromatic nitrogens is 3. The summed E-state index contributed by atoms with van der Waals surface area (Å²) >= 11 is 1.19. The van der Waals surface area contributed by atoms with E-state index in [0.29, 0.717) is 40.7 Å². The molecule has 0 bridgehead atoms. The maximum atomic E-state index is 14.8. The van der Waals surface area contributed by atoms with Crippen molar-refractivity contribution in [3.63, 3.8) is 0 Å². The minimum atomic E-state index is -2.32. The molecule has 5 aromatic rings. The zero-order valence-electron chi connectivity index (χ0n) is 22.6. The summed E-state index contributed by atoms with van der Waals surface area (Å²) in [5.41, 5.74) is 5.81. The lowest BCUT2D eigenvalue weighted by molar-refractivity contribution is 0.0691. The Morgan fingerprint density at radius 3 is 2.50 bits per heavy atom. The number of hydrogen-bond donors (Lipinski definition) is 2. The van der Waals surface area contributed by atoms with Crippen molar-refractivity contribution in [1.82, 2.24) is 14.8 Å². The number of hydrogen-bond acceptors (Lipinski definition) is 5. The standard InChI is InChI=1S/C31H26F2N4O3S2/c1-17-5-9-21(15-24(17)32)20-3-2-4-22(14-20)29-23(11-19-8-10-28(42(34)40)25(33)12-19)27(13-18-6-7-18)37(36-29)31-35-26(16-41-31)30(38)39/h2-5,8-10,12,14-16,18H,6-7,11,13H2,1H3,(H2,34,40)(H,38,39)/p+1. The van der Waals surface area contributed by atoms with Gasteiger partial charge in [0.2, 0.25) is 10.0 Å². The van der Waals surface area contributed by atoms with Crippen LogP contribution in [0.5, 0.6) is 0 Å². The van der Waals surface area contributed by atoms with E-state index in [0.717, 1.165) is 40.8 Å². The van der Waals surface area contributed by atoms with E-state index >= 15 is 0 Å². The summed E-state index contributed by atoms with van der Waals surface area (Å²) in [6, 6.07) is 17.2. The quantitative estimate of drug-likeness (QED) is 0.149. The summed E-state index contributed by atoms with van der Waals surface area (Å²) in [5, 5.41) is 21.8. The third-order valence-corrected chi connectivity index (χ3v) is 9.09. The molecule has 1 atom stereocenters. The number of carboxylic acids is 1. The normalized spacial score (nSPS) is 13.8. The lowest BCUT2D eigenvalue weighted by atomic mass is 9.95. The van der Waals surface area contributed by atoms with Crippen molar-refractivity contribution in [3.05, 3.63) is 106 Å². The smallest absolute Gasteiger partial charge is 0.355 e. The van der Waals surface area contributed by atoms with Gasteiger partial charge in [-0.05, 0) is 78.6 Å². The number of aromatic carboxylic acids is 1. The van der Waals surface area contributed by atoms with Crippen molar-refractivity contribution in [1.29, 1.82) is 0 Å². The molecule has 0 aliphatic heterocycles. The number of benzene rings is 3. The van der Waals surface area contributed by atoms with Crippen LogP contribution in [-0.4, -0.2) is 25.8 Å². The molecule has 1 unspecified atom stereocenters. The predicted molar refractivity (Wildman–Crippen MR) is 159 cm³/mol. The van der Waals surface area contributed by atoms with Crippen LogP contribution in [0.1, 0.15) is 45.7 Å². The van der Waals surface area contributed by atoms with Crippen LogP contribution in [0.25, 0.3) is 27.5 Å². The fourth-order valence-electron chi connectivity index (χ4n) is 4.99. The zero-order valence-corrected chi connectivity index (χ0v) is 24.3. The van der Waals surface area contributed by atoms with Crippen LogP contribution < -0.4 is 5.14 Å². The van der Waals surface area contributed by atoms with E-state index in [1.165, 1.54) is 34.9 Å². The molecule has 0 amide bonds. The lowest BCUT2D eigenvalue weighted by Crippen LogP contribution is -2.07. The SMILES string of the molecule is Cc1ccc(-c2cccc(-c3nn(-c4nc(C(=O)O)cs4)c(CC4CC4)c3Cc3ccc([SH+](N)=O)c(F)c3)c2)cc1F. The Morgan fingerprint density at radius 2 is 1.83 bits per heavy atom. The zero-order chi connectivity index (χ0) is 29.5. The Morgan fingerprint density at radius 1 is 1.07 bits per heavy atom. The summed E-state index contributed by atoms with van der Waals surface area (Å²) in [6.07, 6.45) is 3.15. The number of carboxylic acid groups (broad SMARTS) is 1. The van der Waals surface area contributed by atoms with E-state index in [2.05, 4.69) is 4.98 Å². The van der Waals surface area contributed by atoms with E-state index in [9.17, 15) is 22.9 Å². The van der Waals surface area contributed by atoms with Crippen LogP contribution in [0.15, 0.2) is 70.9 Å². The van der Waals surface area contributed by atoms with Gasteiger partial charge in [0.1, 0.15) is 5.82 Å². The van der Waals surface area contributed by atoms with Gasteiger partial charge in [-0.25, -0.2) is 23.2 Å². The average Bonchev–Trinajstić information content (AvgIpc) is 3.52. The topological polar surface area (TPSA) is 111 Å². The molecule has 214 valence electrons. The second-order valence-electron chi connectivity index (χ2n) is 10.5. The van der Waals surface area contributed by atoms with E-state index in [4.69, 9.17) is 10.2 Å². The Labute approximate surface area is 247 Å². The third kappa shape index (κ3) is 5.67. The van der Waals surface area contributed by atoms with Gasteiger partial charge in [-0.1, -0.05) is 40.6 Å². The molecule has 42 heavy (non-hydrogen) atoms. The number of thiazole rings is 1. The van der Waals surface area contributed by atoms with Gasteiger partial charge < -0.3 is 5.11 Å². The Bertz CT molecular complexity index is 1860. The first-order valence-electron chi connectivity index (χ1n) is 13.3. The van der Waals surface area contributed by atoms with Gasteiger partial charge in [0, 0.05) is 22.9 Å². The number of aryl methyl sites for hydroxylation is 1. The molecule has 1 fully saturated rings. The second-order valence-corrected chi connectivity index (χ2v) is 12.5. The van der Waals surface area contributed by atoms with Crippen LogP contribution in [0.3, 0.4) is 0 Å². The molecule has 3 aromatic carbocycles. The molecule has 1 saturated carbocycles. The molecule has 0 spiro atoms. The third-order valence-electron chi connectivity index (χ3n) is 7.43. The van der Waals surface area contributed by atoms with Gasteiger partial charge in [0.15, 0.2) is 22.5 Å². The van der Waals surface area contributed by atoms with Crippen LogP contribution in [0.2, 0.25) is 0 Å². The molecule has 6 rings (SSSR count). The number of rotatable bonds is 9. The van der Waals surface area contributed by atoms with Crippen LogP contribution in [-0.2, 0) is 28.0 Å². The molecule has 11 heteroatoms. The summed E-state index contributed by atoms with van der Waals surface area (Å²) in [5.74, 6) is -1.60. The van der Waals surface area contributed by atoms with Gasteiger partial charge >= 0.3 is 5.97 Å². The van der Waals surface area contributed by atoms with Gasteiger partial charge in [0.05, 0.1) is 11.4 Å². The first kappa shape index (κ1) is 28.1. The van der Waals surface area contributed by atoms with Crippen molar-refractivity contribution < 1.29 is 22.9 Å². The van der Waals surface area contributed by atoms with Crippen LogP contribution >= 0.6 is 11.3 Å². The fourth-order valence-corrected chi connectivity index (χ4v) is 6.26. The Kier molecular flexibility index (Phi) is 7.56. The highest BCUT2D eigenvalue weighted by Gasteiger charge is 2.29. The summed E-state index contributed by atoms with van der Waals surface area (Å²) in [6.45, 7) is 1.71. The highest BCUT2D eigenvalue weighted by Crippen LogP contribution is 2.39. The molecule has 0 radical (unpaired) electrons. The maximum absolute atomic E-state index is 14.8. The van der Waals surface area contributed by atoms with Crippen molar-refractivity contribution >= 4 is 28.3 Å². The van der Waals surface area contributed by atoms with Crippen molar-refractivity contribution in [2.24, 2.45) is 11.1 Å². The molecule has 2 heterocycles. The summed E-state index contributed by atoms with van der Waals surface area (Å²) in [4.78, 5) is 15.9. The van der Waals surface area contributed by atoms with Gasteiger partial charge in [-0.2, -0.15) is 5.10 Å². The number of nitrogens with two attached hydrogens (primary N) is 1. The molecular formula is C31H27F2N4O3S2+. The van der Waals surface area contributed by atoms with E-state index in [-0.39, 0.29) is 16.4 Å². The van der Waals surface area contributed by atoms with Gasteiger partial charge in [-0.15, -0.1) is 16.5 Å². The minimum absolute atomic E-state index is 0.0371. The second kappa shape index (κ2) is 11.3. The van der Waals surface area contributed by atoms with E-state index in [1.54, 1.807) is 23.7 Å². The summed E-state index contributed by atoms with van der Waals surface area (Å²) < 4.78 is 42.7. The Balaban J connectivity index is 1.52.